The predicted octanol–water partition coefficient (Wildman–Crippen LogP) is 4.48. The first-order chi connectivity index (χ1) is 11.6. The number of piperidine rings is 1. The number of nitrogens with zero attached hydrogens (tertiary/aromatic N) is 2. The number of hydrogen-bond donors (Lipinski definition) is 1. The van der Waals surface area contributed by atoms with Crippen molar-refractivity contribution in [2.45, 2.75) is 52.2 Å². The largest absolute Gasteiger partial charge is 0.444 e. The van der Waals surface area contributed by atoms with Gasteiger partial charge in [0.15, 0.2) is 0 Å². The summed E-state index contributed by atoms with van der Waals surface area (Å²) < 4.78 is 6.09. The number of anilines is 1. The first-order valence-corrected chi connectivity index (χ1v) is 9.05. The Morgan fingerprint density at radius 3 is 2.48 bits per heavy atom. The Hall–Kier alpha value is -1.83. The minimum atomic E-state index is -0.512. The molecular weight excluding hydrogens is 390 g/mol. The van der Waals surface area contributed by atoms with Gasteiger partial charge in [0.25, 0.3) is 5.69 Å². The van der Waals surface area contributed by atoms with Crippen molar-refractivity contribution >= 4 is 33.4 Å². The second-order valence-corrected chi connectivity index (χ2v) is 8.12. The molecule has 1 saturated heterocycles. The monoisotopic (exact) mass is 413 g/mol. The number of nitro groups is 1. The van der Waals surface area contributed by atoms with Crippen molar-refractivity contribution in [2.24, 2.45) is 0 Å². The van der Waals surface area contributed by atoms with Crippen LogP contribution in [0.1, 0.15) is 39.2 Å². The first kappa shape index (κ1) is 19.5. The molecule has 1 N–H and O–H groups in total. The Balaban J connectivity index is 2.00. The van der Waals surface area contributed by atoms with Crippen LogP contribution in [0.3, 0.4) is 0 Å². The number of benzene rings is 1. The molecule has 138 valence electrons. The number of halogens is 1. The molecule has 1 aliphatic rings. The highest BCUT2D eigenvalue weighted by Gasteiger charge is 2.28. The van der Waals surface area contributed by atoms with Crippen molar-refractivity contribution in [1.29, 1.82) is 0 Å². The third kappa shape index (κ3) is 5.32. The number of aryl methyl sites for hydroxylation is 1. The summed E-state index contributed by atoms with van der Waals surface area (Å²) in [5.41, 5.74) is 0.981. The summed E-state index contributed by atoms with van der Waals surface area (Å²) in [5.74, 6) is 0. The molecule has 1 fully saturated rings. The molecule has 8 heteroatoms. The normalized spacial score (nSPS) is 15.8. The van der Waals surface area contributed by atoms with Gasteiger partial charge in [-0.1, -0.05) is 15.9 Å². The molecule has 0 atom stereocenters. The van der Waals surface area contributed by atoms with Crippen LogP contribution in [0.4, 0.5) is 16.2 Å². The fourth-order valence-electron chi connectivity index (χ4n) is 2.69. The fraction of sp³-hybridized carbons (Fsp3) is 0.588. The molecule has 0 spiro atoms. The summed E-state index contributed by atoms with van der Waals surface area (Å²) in [6.07, 6.45) is 1.12. The Kier molecular flexibility index (Phi) is 5.92. The molecule has 0 radical (unpaired) electrons. The number of amides is 1. The van der Waals surface area contributed by atoms with Gasteiger partial charge in [0.2, 0.25) is 0 Å². The van der Waals surface area contributed by atoms with Crippen molar-refractivity contribution in [2.75, 3.05) is 18.4 Å². The van der Waals surface area contributed by atoms with E-state index < -0.39 is 5.60 Å². The van der Waals surface area contributed by atoms with Crippen LogP contribution in [0, 0.1) is 17.0 Å². The lowest BCUT2D eigenvalue weighted by Crippen LogP contribution is -2.44. The molecule has 7 nitrogen and oxygen atoms in total. The van der Waals surface area contributed by atoms with Gasteiger partial charge in [0.05, 0.1) is 4.92 Å². The zero-order valence-electron chi connectivity index (χ0n) is 15.0. The van der Waals surface area contributed by atoms with E-state index in [0.29, 0.717) is 36.1 Å². The summed E-state index contributed by atoms with van der Waals surface area (Å²) in [5, 5.41) is 14.5. The summed E-state index contributed by atoms with van der Waals surface area (Å²) >= 11 is 3.33. The molecule has 0 aromatic heterocycles. The van der Waals surface area contributed by atoms with Crippen LogP contribution in [0.5, 0.6) is 0 Å². The van der Waals surface area contributed by atoms with Crippen LogP contribution in [-0.4, -0.2) is 40.6 Å². The van der Waals surface area contributed by atoms with Gasteiger partial charge in [-0.25, -0.2) is 4.79 Å². The van der Waals surface area contributed by atoms with E-state index in [4.69, 9.17) is 4.74 Å². The lowest BCUT2D eigenvalue weighted by Gasteiger charge is -2.34. The Morgan fingerprint density at radius 1 is 1.36 bits per heavy atom. The lowest BCUT2D eigenvalue weighted by molar-refractivity contribution is -0.384. The number of rotatable bonds is 3. The van der Waals surface area contributed by atoms with Crippen molar-refractivity contribution < 1.29 is 14.5 Å². The smallest absolute Gasteiger partial charge is 0.410 e. The SMILES string of the molecule is Cc1cc(NC2CCN(C(=O)OC(C)(C)C)CC2)c([N+](=O)[O-])cc1Br. The van der Waals surface area contributed by atoms with E-state index in [1.807, 2.05) is 27.7 Å². The van der Waals surface area contributed by atoms with Crippen LogP contribution in [0.2, 0.25) is 0 Å². The van der Waals surface area contributed by atoms with E-state index >= 15 is 0 Å². The Labute approximate surface area is 156 Å². The number of hydrogen-bond acceptors (Lipinski definition) is 5. The molecule has 1 aromatic rings. The molecule has 25 heavy (non-hydrogen) atoms. The highest BCUT2D eigenvalue weighted by atomic mass is 79.9. The average Bonchev–Trinajstić information content (AvgIpc) is 2.49. The van der Waals surface area contributed by atoms with Gasteiger partial charge in [-0.15, -0.1) is 0 Å². The number of likely N-dealkylation sites (tertiary alicyclic amines) is 1. The molecule has 1 aromatic carbocycles. The van der Waals surface area contributed by atoms with Gasteiger partial charge >= 0.3 is 6.09 Å². The van der Waals surface area contributed by atoms with Crippen molar-refractivity contribution in [3.05, 3.63) is 32.3 Å². The average molecular weight is 414 g/mol. The number of nitro benzene ring substituents is 1. The lowest BCUT2D eigenvalue weighted by atomic mass is 10.0. The molecule has 1 aliphatic heterocycles. The molecule has 0 aliphatic carbocycles. The maximum absolute atomic E-state index is 12.1. The minimum absolute atomic E-state index is 0.0482. The van der Waals surface area contributed by atoms with E-state index in [1.165, 1.54) is 6.07 Å². The maximum atomic E-state index is 12.1. The summed E-state index contributed by atoms with van der Waals surface area (Å²) in [6, 6.07) is 3.38. The van der Waals surface area contributed by atoms with Crippen molar-refractivity contribution in [3.8, 4) is 0 Å². The van der Waals surface area contributed by atoms with Gasteiger partial charge in [-0.05, 0) is 52.2 Å². The number of carbonyl (C=O) groups is 1. The zero-order valence-corrected chi connectivity index (χ0v) is 16.6. The zero-order chi connectivity index (χ0) is 18.8. The van der Waals surface area contributed by atoms with E-state index in [2.05, 4.69) is 21.2 Å². The third-order valence-electron chi connectivity index (χ3n) is 3.98. The Bertz CT molecular complexity index is 665. The van der Waals surface area contributed by atoms with E-state index in [0.717, 1.165) is 5.56 Å². The summed E-state index contributed by atoms with van der Waals surface area (Å²) in [6.45, 7) is 8.55. The standard InChI is InChI=1S/C17H24BrN3O4/c1-11-9-14(15(21(23)24)10-13(11)18)19-12-5-7-20(8-6-12)16(22)25-17(2,3)4/h9-10,12,19H,5-8H2,1-4H3. The molecule has 2 rings (SSSR count). The van der Waals surface area contributed by atoms with E-state index in [9.17, 15) is 14.9 Å². The number of ether oxygens (including phenoxy) is 1. The second-order valence-electron chi connectivity index (χ2n) is 7.26. The summed E-state index contributed by atoms with van der Waals surface area (Å²) in [7, 11) is 0. The third-order valence-corrected chi connectivity index (χ3v) is 4.83. The molecule has 0 bridgehead atoms. The van der Waals surface area contributed by atoms with Crippen molar-refractivity contribution in [3.63, 3.8) is 0 Å². The fourth-order valence-corrected chi connectivity index (χ4v) is 3.02. The quantitative estimate of drug-likeness (QED) is 0.583. The van der Waals surface area contributed by atoms with Gasteiger partial charge in [0, 0.05) is 29.7 Å². The van der Waals surface area contributed by atoms with Crippen molar-refractivity contribution in [1.82, 2.24) is 4.90 Å². The van der Waals surface area contributed by atoms with Crippen LogP contribution < -0.4 is 5.32 Å². The predicted molar refractivity (Wildman–Crippen MR) is 100.0 cm³/mol. The highest BCUT2D eigenvalue weighted by molar-refractivity contribution is 9.10. The van der Waals surface area contributed by atoms with Crippen LogP contribution in [0.15, 0.2) is 16.6 Å². The highest BCUT2D eigenvalue weighted by Crippen LogP contribution is 2.32. The number of nitrogens with one attached hydrogen (secondary N) is 1. The topological polar surface area (TPSA) is 84.7 Å². The van der Waals surface area contributed by atoms with E-state index in [1.54, 1.807) is 11.0 Å². The molecular formula is C17H24BrN3O4. The minimum Gasteiger partial charge on any atom is -0.444 e. The maximum Gasteiger partial charge on any atom is 0.410 e. The number of carbonyl (C=O) groups excluding carboxylic acids is 1. The van der Waals surface area contributed by atoms with Gasteiger partial charge in [0.1, 0.15) is 11.3 Å². The van der Waals surface area contributed by atoms with Gasteiger partial charge in [-0.2, -0.15) is 0 Å². The van der Waals surface area contributed by atoms with Gasteiger partial charge in [-0.3, -0.25) is 10.1 Å². The summed E-state index contributed by atoms with van der Waals surface area (Å²) in [4.78, 5) is 24.7. The van der Waals surface area contributed by atoms with Crippen LogP contribution in [-0.2, 0) is 4.74 Å². The Morgan fingerprint density at radius 2 is 1.96 bits per heavy atom. The first-order valence-electron chi connectivity index (χ1n) is 8.26. The molecule has 0 saturated carbocycles. The molecule has 1 amide bonds. The van der Waals surface area contributed by atoms with E-state index in [-0.39, 0.29) is 22.7 Å². The second kappa shape index (κ2) is 7.59. The van der Waals surface area contributed by atoms with Crippen LogP contribution >= 0.6 is 15.9 Å². The van der Waals surface area contributed by atoms with Crippen LogP contribution in [0.25, 0.3) is 0 Å². The molecule has 0 unspecified atom stereocenters. The van der Waals surface area contributed by atoms with Gasteiger partial charge < -0.3 is 15.0 Å². The molecule has 1 heterocycles.